The molecule has 1 saturated heterocycles. The summed E-state index contributed by atoms with van der Waals surface area (Å²) in [5.41, 5.74) is 1.04. The summed E-state index contributed by atoms with van der Waals surface area (Å²) in [5, 5.41) is 9.36. The summed E-state index contributed by atoms with van der Waals surface area (Å²) in [7, 11) is 1.59. The van der Waals surface area contributed by atoms with E-state index in [0.717, 1.165) is 12.1 Å². The average Bonchev–Trinajstić information content (AvgIpc) is 2.87. The Kier molecular flexibility index (Phi) is 7.60. The Morgan fingerprint density at radius 1 is 1.18 bits per heavy atom. The minimum Gasteiger partial charge on any atom is -0.406 e. The molecule has 0 spiro atoms. The Morgan fingerprint density at radius 2 is 1.92 bits per heavy atom. The highest BCUT2D eigenvalue weighted by molar-refractivity contribution is 5.86. The Morgan fingerprint density at radius 3 is 2.53 bits per heavy atom. The van der Waals surface area contributed by atoms with E-state index in [9.17, 15) is 23.2 Å². The van der Waals surface area contributed by atoms with Gasteiger partial charge in [-0.1, -0.05) is 19.9 Å². The monoisotopic (exact) mass is 532 g/mol. The molecule has 0 radical (unpaired) electrons. The number of rotatable bonds is 6. The zero-order valence-corrected chi connectivity index (χ0v) is 21.5. The molecule has 2 aromatic heterocycles. The average molecular weight is 533 g/mol. The predicted octanol–water partition coefficient (Wildman–Crippen LogP) is 4.68. The molecular weight excluding hydrogens is 504 g/mol. The van der Waals surface area contributed by atoms with Crippen molar-refractivity contribution in [1.29, 1.82) is 5.26 Å². The van der Waals surface area contributed by atoms with Gasteiger partial charge in [-0.2, -0.15) is 10.2 Å². The third kappa shape index (κ3) is 5.29. The fraction of sp³-hybridized carbons (Fsp3) is 0.462. The fourth-order valence-electron chi connectivity index (χ4n) is 5.18. The number of fused-ring (bicyclic) bond motifs is 1. The number of piperazine rings is 1. The van der Waals surface area contributed by atoms with Crippen LogP contribution < -0.4 is 15.3 Å². The van der Waals surface area contributed by atoms with Gasteiger partial charge in [-0.3, -0.25) is 9.47 Å². The number of hydrogen-bond donors (Lipinski definition) is 0. The van der Waals surface area contributed by atoms with Gasteiger partial charge in [-0.25, -0.2) is 14.2 Å². The van der Waals surface area contributed by atoms with E-state index in [4.69, 9.17) is 0 Å². The molecule has 0 N–H and O–H groups in total. The van der Waals surface area contributed by atoms with Gasteiger partial charge >= 0.3 is 12.1 Å². The van der Waals surface area contributed by atoms with Crippen molar-refractivity contribution in [3.8, 4) is 11.8 Å². The van der Waals surface area contributed by atoms with Gasteiger partial charge < -0.3 is 9.64 Å². The third-order valence-corrected chi connectivity index (χ3v) is 7.03. The normalized spacial score (nSPS) is 19.4. The van der Waals surface area contributed by atoms with Crippen molar-refractivity contribution < 1.29 is 22.3 Å². The molecular formula is C26H28F4N6O2. The van der Waals surface area contributed by atoms with E-state index in [1.807, 2.05) is 31.7 Å². The van der Waals surface area contributed by atoms with Crippen LogP contribution in [-0.2, 0) is 7.05 Å². The van der Waals surface area contributed by atoms with Gasteiger partial charge in [0.25, 0.3) is 0 Å². The lowest BCUT2D eigenvalue weighted by Crippen LogP contribution is -2.58. The Balaban J connectivity index is 1.69. The molecule has 0 aliphatic carbocycles. The summed E-state index contributed by atoms with van der Waals surface area (Å²) in [5.74, 6) is -0.985. The van der Waals surface area contributed by atoms with Crippen LogP contribution >= 0.6 is 0 Å². The van der Waals surface area contributed by atoms with Crippen molar-refractivity contribution in [2.24, 2.45) is 7.05 Å². The summed E-state index contributed by atoms with van der Waals surface area (Å²) in [6, 6.07) is 7.85. The second kappa shape index (κ2) is 10.6. The molecule has 4 rings (SSSR count). The number of benzene rings is 1. The molecule has 38 heavy (non-hydrogen) atoms. The maximum absolute atomic E-state index is 15.0. The lowest BCUT2D eigenvalue weighted by molar-refractivity contribution is -0.274. The largest absolute Gasteiger partial charge is 0.573 e. The third-order valence-electron chi connectivity index (χ3n) is 7.03. The number of halogens is 4. The highest BCUT2D eigenvalue weighted by atomic mass is 19.4. The zero-order chi connectivity index (χ0) is 27.8. The van der Waals surface area contributed by atoms with E-state index in [1.165, 1.54) is 10.6 Å². The van der Waals surface area contributed by atoms with E-state index < -0.39 is 23.6 Å². The standard InChI is InChI=1S/C26H28F4N6O2/c1-5-17-14-35(24-23-22(34(4)25(37)33-24)10-7-16(12-31)32-23)15(3)13-36(17)21(6-2)19-9-8-18(11-20(19)27)38-26(28,29)30/h7-11,15,17,21H,5-6,13-14H2,1-4H3/t15-,17+,21?/m0/s1. The lowest BCUT2D eigenvalue weighted by Gasteiger charge is -2.49. The first-order chi connectivity index (χ1) is 18.0. The van der Waals surface area contributed by atoms with Crippen molar-refractivity contribution in [3.63, 3.8) is 0 Å². The topological polar surface area (TPSA) is 87.3 Å². The first-order valence-electron chi connectivity index (χ1n) is 12.3. The van der Waals surface area contributed by atoms with Crippen LogP contribution in [0.25, 0.3) is 11.0 Å². The highest BCUT2D eigenvalue weighted by Crippen LogP contribution is 2.36. The molecule has 8 nitrogen and oxygen atoms in total. The van der Waals surface area contributed by atoms with Crippen molar-refractivity contribution in [2.75, 3.05) is 18.0 Å². The number of aryl methyl sites for hydroxylation is 1. The number of alkyl halides is 3. The number of aromatic nitrogens is 3. The SMILES string of the molecule is CCC(c1ccc(OC(F)(F)F)cc1F)N1C[C@H](C)N(c2nc(=O)n(C)c3ccc(C#N)nc23)C[C@H]1CC. The maximum atomic E-state index is 15.0. The molecule has 3 aromatic rings. The van der Waals surface area contributed by atoms with Crippen LogP contribution in [0.3, 0.4) is 0 Å². The number of anilines is 1. The summed E-state index contributed by atoms with van der Waals surface area (Å²) in [6.07, 6.45) is -3.69. The van der Waals surface area contributed by atoms with Crippen molar-refractivity contribution in [3.05, 3.63) is 57.9 Å². The maximum Gasteiger partial charge on any atom is 0.573 e. The first-order valence-corrected chi connectivity index (χ1v) is 12.3. The molecule has 0 amide bonds. The Labute approximate surface area is 217 Å². The van der Waals surface area contributed by atoms with Crippen molar-refractivity contribution >= 4 is 16.9 Å². The highest BCUT2D eigenvalue weighted by Gasteiger charge is 2.38. The summed E-state index contributed by atoms with van der Waals surface area (Å²) < 4.78 is 58.1. The van der Waals surface area contributed by atoms with E-state index in [2.05, 4.69) is 19.6 Å². The molecule has 1 aliphatic heterocycles. The second-order valence-electron chi connectivity index (χ2n) is 9.37. The number of nitrogens with zero attached hydrogens (tertiary/aromatic N) is 6. The molecule has 202 valence electrons. The molecule has 1 unspecified atom stereocenters. The van der Waals surface area contributed by atoms with Gasteiger partial charge in [-0.05, 0) is 38.0 Å². The molecule has 1 aliphatic rings. The second-order valence-corrected chi connectivity index (χ2v) is 9.37. The van der Waals surface area contributed by atoms with Crippen LogP contribution in [0.4, 0.5) is 23.4 Å². The number of nitriles is 1. The quantitative estimate of drug-likeness (QED) is 0.426. The minimum absolute atomic E-state index is 0.0818. The Hall–Kier alpha value is -3.72. The van der Waals surface area contributed by atoms with Crippen molar-refractivity contribution in [1.82, 2.24) is 19.4 Å². The van der Waals surface area contributed by atoms with Crippen LogP contribution in [0, 0.1) is 17.1 Å². The minimum atomic E-state index is -4.91. The first kappa shape index (κ1) is 27.3. The smallest absolute Gasteiger partial charge is 0.406 e. The van der Waals surface area contributed by atoms with Gasteiger partial charge in [0, 0.05) is 49.9 Å². The zero-order valence-electron chi connectivity index (χ0n) is 21.5. The molecule has 3 heterocycles. The van der Waals surface area contributed by atoms with Crippen LogP contribution in [0.1, 0.15) is 50.9 Å². The van der Waals surface area contributed by atoms with Gasteiger partial charge in [0.2, 0.25) is 0 Å². The van der Waals surface area contributed by atoms with Crippen LogP contribution in [-0.4, -0.2) is 51.0 Å². The molecule has 1 aromatic carbocycles. The Bertz CT molecular complexity index is 1430. The van der Waals surface area contributed by atoms with E-state index in [-0.39, 0.29) is 23.8 Å². The van der Waals surface area contributed by atoms with Crippen LogP contribution in [0.15, 0.2) is 35.1 Å². The summed E-state index contributed by atoms with van der Waals surface area (Å²) >= 11 is 0. The van der Waals surface area contributed by atoms with E-state index in [1.54, 1.807) is 19.2 Å². The molecule has 0 bridgehead atoms. The van der Waals surface area contributed by atoms with Gasteiger partial charge in [0.05, 0.1) is 5.52 Å². The van der Waals surface area contributed by atoms with Crippen LogP contribution in [0.5, 0.6) is 5.75 Å². The number of hydrogen-bond acceptors (Lipinski definition) is 7. The molecule has 1 fully saturated rings. The van der Waals surface area contributed by atoms with Crippen molar-refractivity contribution in [2.45, 2.75) is 58.1 Å². The summed E-state index contributed by atoms with van der Waals surface area (Å²) in [4.78, 5) is 25.5. The predicted molar refractivity (Wildman–Crippen MR) is 133 cm³/mol. The van der Waals surface area contributed by atoms with Gasteiger partial charge in [-0.15, -0.1) is 13.2 Å². The van der Waals surface area contributed by atoms with Gasteiger partial charge in [0.1, 0.15) is 28.8 Å². The molecule has 0 saturated carbocycles. The molecule has 12 heteroatoms. The van der Waals surface area contributed by atoms with E-state index >= 15 is 4.39 Å². The van der Waals surface area contributed by atoms with Gasteiger partial charge in [0.15, 0.2) is 5.82 Å². The number of pyridine rings is 1. The van der Waals surface area contributed by atoms with Crippen LogP contribution in [0.2, 0.25) is 0 Å². The number of ether oxygens (including phenoxy) is 1. The molecule has 3 atom stereocenters. The van der Waals surface area contributed by atoms with E-state index in [0.29, 0.717) is 48.3 Å². The lowest BCUT2D eigenvalue weighted by atomic mass is 9.95. The summed E-state index contributed by atoms with van der Waals surface area (Å²) in [6.45, 7) is 6.79. The fourth-order valence-corrected chi connectivity index (χ4v) is 5.18.